The molecule has 2 aromatic heterocycles. The van der Waals surface area contributed by atoms with Crippen LogP contribution in [0.4, 0.5) is 0 Å². The van der Waals surface area contributed by atoms with Gasteiger partial charge in [-0.05, 0) is 17.4 Å². The molecular weight excluding hydrogens is 206 g/mol. The van der Waals surface area contributed by atoms with Crippen molar-refractivity contribution in [1.82, 2.24) is 4.98 Å². The topological polar surface area (TPSA) is 26.0 Å². The monoisotopic (exact) mass is 221 g/mol. The van der Waals surface area contributed by atoms with Gasteiger partial charge in [-0.25, -0.2) is 4.98 Å². The van der Waals surface area contributed by atoms with Crippen molar-refractivity contribution in [2.45, 2.75) is 26.7 Å². The Labute approximate surface area is 94.0 Å². The molecule has 0 saturated heterocycles. The van der Waals surface area contributed by atoms with Crippen molar-refractivity contribution in [1.29, 1.82) is 0 Å². The predicted octanol–water partition coefficient (Wildman–Crippen LogP) is 4.16. The molecule has 0 amide bonds. The molecule has 0 spiro atoms. The smallest absolute Gasteiger partial charge is 0.181 e. The van der Waals surface area contributed by atoms with Crippen molar-refractivity contribution in [3.63, 3.8) is 0 Å². The van der Waals surface area contributed by atoms with Crippen molar-refractivity contribution in [3.8, 4) is 10.6 Å². The first kappa shape index (κ1) is 10.4. The zero-order valence-electron chi connectivity index (χ0n) is 9.23. The lowest BCUT2D eigenvalue weighted by Gasteiger charge is -2.13. The molecule has 2 rings (SSSR count). The molecule has 0 saturated carbocycles. The molecule has 0 fully saturated rings. The van der Waals surface area contributed by atoms with Gasteiger partial charge in [0.15, 0.2) is 12.2 Å². The van der Waals surface area contributed by atoms with Gasteiger partial charge in [-0.2, -0.15) is 0 Å². The summed E-state index contributed by atoms with van der Waals surface area (Å²) >= 11 is 1.69. The maximum atomic E-state index is 5.48. The number of thiophene rings is 1. The fourth-order valence-corrected chi connectivity index (χ4v) is 2.21. The molecule has 0 aromatic carbocycles. The maximum absolute atomic E-state index is 5.48. The van der Waals surface area contributed by atoms with E-state index in [0.29, 0.717) is 11.8 Å². The standard InChI is InChI=1S/C12H15NOS/c1-8(2)9(3)11-12(14-7-13-11)10-5-4-6-15-10/h4-9H,1-3H3. The summed E-state index contributed by atoms with van der Waals surface area (Å²) in [6.07, 6.45) is 1.54. The van der Waals surface area contributed by atoms with Crippen LogP contribution in [0, 0.1) is 5.92 Å². The van der Waals surface area contributed by atoms with Crippen LogP contribution in [-0.4, -0.2) is 4.98 Å². The average molecular weight is 221 g/mol. The molecule has 1 unspecified atom stereocenters. The largest absolute Gasteiger partial charge is 0.442 e. The van der Waals surface area contributed by atoms with Gasteiger partial charge >= 0.3 is 0 Å². The fraction of sp³-hybridized carbons (Fsp3) is 0.417. The first-order valence-corrected chi connectivity index (χ1v) is 6.05. The molecule has 15 heavy (non-hydrogen) atoms. The van der Waals surface area contributed by atoms with Crippen LogP contribution in [0.25, 0.3) is 10.6 Å². The Morgan fingerprint density at radius 1 is 1.33 bits per heavy atom. The summed E-state index contributed by atoms with van der Waals surface area (Å²) in [6.45, 7) is 6.61. The second kappa shape index (κ2) is 4.19. The minimum atomic E-state index is 0.431. The van der Waals surface area contributed by atoms with Crippen molar-refractivity contribution in [2.75, 3.05) is 0 Å². The summed E-state index contributed by atoms with van der Waals surface area (Å²) in [5.41, 5.74) is 1.08. The normalized spacial score (nSPS) is 13.3. The number of oxazole rings is 1. The lowest BCUT2D eigenvalue weighted by molar-refractivity contribution is 0.520. The Balaban J connectivity index is 2.38. The highest BCUT2D eigenvalue weighted by molar-refractivity contribution is 7.13. The van der Waals surface area contributed by atoms with E-state index in [1.165, 1.54) is 0 Å². The van der Waals surface area contributed by atoms with Crippen LogP contribution in [0.1, 0.15) is 32.4 Å². The second-order valence-electron chi connectivity index (χ2n) is 4.08. The second-order valence-corrected chi connectivity index (χ2v) is 5.02. The van der Waals surface area contributed by atoms with E-state index in [-0.39, 0.29) is 0 Å². The third-order valence-corrected chi connectivity index (χ3v) is 3.64. The van der Waals surface area contributed by atoms with E-state index in [9.17, 15) is 0 Å². The maximum Gasteiger partial charge on any atom is 0.181 e. The van der Waals surface area contributed by atoms with E-state index in [1.54, 1.807) is 17.7 Å². The molecule has 0 N–H and O–H groups in total. The first-order valence-electron chi connectivity index (χ1n) is 5.17. The van der Waals surface area contributed by atoms with Gasteiger partial charge in [-0.15, -0.1) is 11.3 Å². The highest BCUT2D eigenvalue weighted by atomic mass is 32.1. The molecule has 2 aromatic rings. The van der Waals surface area contributed by atoms with Crippen LogP contribution in [-0.2, 0) is 0 Å². The third kappa shape index (κ3) is 1.97. The lowest BCUT2D eigenvalue weighted by atomic mass is 9.93. The van der Waals surface area contributed by atoms with E-state index in [2.05, 4.69) is 37.2 Å². The van der Waals surface area contributed by atoms with Gasteiger partial charge in [0.25, 0.3) is 0 Å². The van der Waals surface area contributed by atoms with Crippen molar-refractivity contribution >= 4 is 11.3 Å². The van der Waals surface area contributed by atoms with Crippen LogP contribution < -0.4 is 0 Å². The zero-order chi connectivity index (χ0) is 10.8. The zero-order valence-corrected chi connectivity index (χ0v) is 10.0. The Morgan fingerprint density at radius 3 is 2.73 bits per heavy atom. The van der Waals surface area contributed by atoms with Gasteiger partial charge in [0.05, 0.1) is 10.6 Å². The minimum absolute atomic E-state index is 0.431. The van der Waals surface area contributed by atoms with Crippen LogP contribution >= 0.6 is 11.3 Å². The van der Waals surface area contributed by atoms with Crippen molar-refractivity contribution < 1.29 is 4.42 Å². The van der Waals surface area contributed by atoms with E-state index >= 15 is 0 Å². The summed E-state index contributed by atoms with van der Waals surface area (Å²) in [6, 6.07) is 4.11. The number of hydrogen-bond acceptors (Lipinski definition) is 3. The number of hydrogen-bond donors (Lipinski definition) is 0. The average Bonchev–Trinajstić information content (AvgIpc) is 2.86. The van der Waals surface area contributed by atoms with Gasteiger partial charge in [0.2, 0.25) is 0 Å². The van der Waals surface area contributed by atoms with Crippen LogP contribution in [0.3, 0.4) is 0 Å². The van der Waals surface area contributed by atoms with Gasteiger partial charge < -0.3 is 4.42 Å². The molecule has 0 aliphatic rings. The molecule has 2 heterocycles. The molecule has 0 bridgehead atoms. The number of nitrogens with zero attached hydrogens (tertiary/aromatic N) is 1. The third-order valence-electron chi connectivity index (χ3n) is 2.77. The molecular formula is C12H15NOS. The van der Waals surface area contributed by atoms with E-state index < -0.39 is 0 Å². The summed E-state index contributed by atoms with van der Waals surface area (Å²) < 4.78 is 5.48. The predicted molar refractivity (Wildman–Crippen MR) is 63.1 cm³/mol. The highest BCUT2D eigenvalue weighted by Gasteiger charge is 2.19. The SMILES string of the molecule is CC(C)C(C)c1ncoc1-c1cccs1. The van der Waals surface area contributed by atoms with Crippen molar-refractivity contribution in [3.05, 3.63) is 29.6 Å². The summed E-state index contributed by atoms with van der Waals surface area (Å²) in [5.74, 6) is 1.95. The summed E-state index contributed by atoms with van der Waals surface area (Å²) in [4.78, 5) is 5.50. The van der Waals surface area contributed by atoms with Gasteiger partial charge in [-0.3, -0.25) is 0 Å². The van der Waals surface area contributed by atoms with Gasteiger partial charge in [0, 0.05) is 5.92 Å². The van der Waals surface area contributed by atoms with E-state index in [1.807, 2.05) is 6.07 Å². The summed E-state index contributed by atoms with van der Waals surface area (Å²) in [7, 11) is 0. The van der Waals surface area contributed by atoms with Gasteiger partial charge in [-0.1, -0.05) is 26.8 Å². The minimum Gasteiger partial charge on any atom is -0.442 e. The van der Waals surface area contributed by atoms with Crippen molar-refractivity contribution in [2.24, 2.45) is 5.92 Å². The van der Waals surface area contributed by atoms with E-state index in [0.717, 1.165) is 16.3 Å². The summed E-state index contributed by atoms with van der Waals surface area (Å²) in [5, 5.41) is 2.06. The Kier molecular flexibility index (Phi) is 2.91. The Morgan fingerprint density at radius 2 is 2.13 bits per heavy atom. The molecule has 0 aliphatic heterocycles. The molecule has 0 radical (unpaired) electrons. The van der Waals surface area contributed by atoms with Crippen LogP contribution in [0.5, 0.6) is 0 Å². The molecule has 80 valence electrons. The molecule has 1 atom stereocenters. The molecule has 2 nitrogen and oxygen atoms in total. The van der Waals surface area contributed by atoms with Crippen LogP contribution in [0.2, 0.25) is 0 Å². The lowest BCUT2D eigenvalue weighted by Crippen LogP contribution is -2.03. The first-order chi connectivity index (χ1) is 7.20. The Bertz CT molecular complexity index is 417. The van der Waals surface area contributed by atoms with Gasteiger partial charge in [0.1, 0.15) is 0 Å². The fourth-order valence-electron chi connectivity index (χ4n) is 1.49. The number of aromatic nitrogens is 1. The molecule has 3 heteroatoms. The van der Waals surface area contributed by atoms with Crippen LogP contribution in [0.15, 0.2) is 28.3 Å². The van der Waals surface area contributed by atoms with E-state index in [4.69, 9.17) is 4.42 Å². The number of rotatable bonds is 3. The quantitative estimate of drug-likeness (QED) is 0.777. The molecule has 0 aliphatic carbocycles. The highest BCUT2D eigenvalue weighted by Crippen LogP contribution is 2.34. The Hall–Kier alpha value is -1.09.